The largest absolute Gasteiger partial charge is 0.452 e. The van der Waals surface area contributed by atoms with Gasteiger partial charge >= 0.3 is 12.6 Å². The van der Waals surface area contributed by atoms with Gasteiger partial charge in [-0.25, -0.2) is 4.79 Å². The lowest BCUT2D eigenvalue weighted by Crippen LogP contribution is -2.31. The Bertz CT molecular complexity index is 1000. The third-order valence-electron chi connectivity index (χ3n) is 4.32. The second-order valence-corrected chi connectivity index (χ2v) is 6.34. The summed E-state index contributed by atoms with van der Waals surface area (Å²) < 4.78 is 33.5. The summed E-state index contributed by atoms with van der Waals surface area (Å²) in [6.07, 6.45) is 0. The highest BCUT2D eigenvalue weighted by molar-refractivity contribution is 5.91. The molecule has 3 aromatic rings. The van der Waals surface area contributed by atoms with Crippen LogP contribution in [0.1, 0.15) is 28.9 Å². The number of rotatable bonds is 7. The molecule has 150 valence electrons. The van der Waals surface area contributed by atoms with Gasteiger partial charge in [0.2, 0.25) is 0 Å². The van der Waals surface area contributed by atoms with Gasteiger partial charge in [-0.05, 0) is 47.5 Å². The third kappa shape index (κ3) is 5.28. The number of alkyl halides is 2. The smallest absolute Gasteiger partial charge is 0.387 e. The molecule has 0 heterocycles. The lowest BCUT2D eigenvalue weighted by molar-refractivity contribution is -0.124. The number of nitrogens with one attached hydrogen (secondary N) is 1. The molecule has 0 fully saturated rings. The van der Waals surface area contributed by atoms with Gasteiger partial charge in [0.15, 0.2) is 6.61 Å². The van der Waals surface area contributed by atoms with E-state index < -0.39 is 25.1 Å². The van der Waals surface area contributed by atoms with Crippen LogP contribution in [0.25, 0.3) is 10.8 Å². The van der Waals surface area contributed by atoms with Gasteiger partial charge in [0.1, 0.15) is 5.75 Å². The summed E-state index contributed by atoms with van der Waals surface area (Å²) in [5.74, 6) is -1.25. The van der Waals surface area contributed by atoms with Gasteiger partial charge in [-0.2, -0.15) is 8.78 Å². The van der Waals surface area contributed by atoms with E-state index in [1.165, 1.54) is 24.3 Å². The first-order chi connectivity index (χ1) is 13.9. The molecule has 5 nitrogen and oxygen atoms in total. The molecule has 0 aliphatic carbocycles. The monoisotopic (exact) mass is 399 g/mol. The Labute approximate surface area is 166 Å². The van der Waals surface area contributed by atoms with Crippen molar-refractivity contribution in [2.45, 2.75) is 19.6 Å². The number of fused-ring (bicyclic) bond motifs is 1. The zero-order valence-electron chi connectivity index (χ0n) is 15.6. The number of ether oxygens (including phenoxy) is 2. The minimum absolute atomic E-state index is 0.0711. The molecule has 29 heavy (non-hydrogen) atoms. The van der Waals surface area contributed by atoms with Crippen molar-refractivity contribution in [3.63, 3.8) is 0 Å². The molecule has 0 saturated carbocycles. The van der Waals surface area contributed by atoms with Crippen LogP contribution in [-0.2, 0) is 9.53 Å². The van der Waals surface area contributed by atoms with Gasteiger partial charge in [-0.1, -0.05) is 42.5 Å². The second-order valence-electron chi connectivity index (χ2n) is 6.34. The number of amides is 1. The molecule has 0 aliphatic heterocycles. The highest BCUT2D eigenvalue weighted by Gasteiger charge is 2.15. The molecule has 1 unspecified atom stereocenters. The molecule has 1 atom stereocenters. The number of carbonyl (C=O) groups is 2. The average Bonchev–Trinajstić information content (AvgIpc) is 2.71. The first kappa shape index (κ1) is 20.3. The van der Waals surface area contributed by atoms with Crippen molar-refractivity contribution in [3.05, 3.63) is 77.9 Å². The molecule has 1 N–H and O–H groups in total. The van der Waals surface area contributed by atoms with E-state index >= 15 is 0 Å². The SMILES string of the molecule is CC(NC(=O)COC(=O)c1ccc(OC(F)F)cc1)c1cccc2ccccc12. The van der Waals surface area contributed by atoms with Gasteiger partial charge < -0.3 is 14.8 Å². The lowest BCUT2D eigenvalue weighted by Gasteiger charge is -2.16. The van der Waals surface area contributed by atoms with E-state index in [0.29, 0.717) is 0 Å². The molecule has 1 amide bonds. The van der Waals surface area contributed by atoms with Crippen LogP contribution in [0.2, 0.25) is 0 Å². The first-order valence-corrected chi connectivity index (χ1v) is 8.93. The van der Waals surface area contributed by atoms with Gasteiger partial charge in [0.25, 0.3) is 5.91 Å². The van der Waals surface area contributed by atoms with Gasteiger partial charge in [-0.3, -0.25) is 4.79 Å². The Morgan fingerprint density at radius 1 is 0.966 bits per heavy atom. The van der Waals surface area contributed by atoms with Crippen LogP contribution in [0.4, 0.5) is 8.78 Å². The number of carbonyl (C=O) groups excluding carboxylic acids is 2. The Balaban J connectivity index is 1.56. The van der Waals surface area contributed by atoms with Crippen LogP contribution in [-0.4, -0.2) is 25.1 Å². The topological polar surface area (TPSA) is 64.6 Å². The van der Waals surface area contributed by atoms with Crippen molar-refractivity contribution in [2.24, 2.45) is 0 Å². The quantitative estimate of drug-likeness (QED) is 0.595. The molecule has 0 spiro atoms. The summed E-state index contributed by atoms with van der Waals surface area (Å²) in [7, 11) is 0. The van der Waals surface area contributed by atoms with E-state index in [1.54, 1.807) is 0 Å². The number of benzene rings is 3. The van der Waals surface area contributed by atoms with Gasteiger partial charge in [0.05, 0.1) is 11.6 Å². The van der Waals surface area contributed by atoms with Crippen LogP contribution in [0.15, 0.2) is 66.7 Å². The predicted molar refractivity (Wildman–Crippen MR) is 104 cm³/mol. The fourth-order valence-corrected chi connectivity index (χ4v) is 2.98. The van der Waals surface area contributed by atoms with E-state index in [0.717, 1.165) is 16.3 Å². The summed E-state index contributed by atoms with van der Waals surface area (Å²) in [5.41, 5.74) is 1.08. The Hall–Kier alpha value is -3.48. The zero-order valence-corrected chi connectivity index (χ0v) is 15.6. The molecule has 3 rings (SSSR count). The van der Waals surface area contributed by atoms with Crippen molar-refractivity contribution in [1.29, 1.82) is 0 Å². The highest BCUT2D eigenvalue weighted by atomic mass is 19.3. The summed E-state index contributed by atoms with van der Waals surface area (Å²) in [5, 5.41) is 4.91. The average molecular weight is 399 g/mol. The normalized spacial score (nSPS) is 11.9. The van der Waals surface area contributed by atoms with Crippen LogP contribution >= 0.6 is 0 Å². The van der Waals surface area contributed by atoms with E-state index in [2.05, 4.69) is 10.1 Å². The first-order valence-electron chi connectivity index (χ1n) is 8.93. The minimum atomic E-state index is -2.94. The predicted octanol–water partition coefficient (Wildman–Crippen LogP) is 4.48. The van der Waals surface area contributed by atoms with Crippen molar-refractivity contribution >= 4 is 22.6 Å². The summed E-state index contributed by atoms with van der Waals surface area (Å²) >= 11 is 0. The van der Waals surface area contributed by atoms with Gasteiger partial charge in [0, 0.05) is 0 Å². The summed E-state index contributed by atoms with van der Waals surface area (Å²) in [6.45, 7) is -1.55. The van der Waals surface area contributed by atoms with Crippen molar-refractivity contribution in [3.8, 4) is 5.75 Å². The van der Waals surface area contributed by atoms with Crippen molar-refractivity contribution in [1.82, 2.24) is 5.32 Å². The Morgan fingerprint density at radius 2 is 1.66 bits per heavy atom. The number of hydrogen-bond acceptors (Lipinski definition) is 4. The fraction of sp³-hybridized carbons (Fsp3) is 0.182. The molecule has 7 heteroatoms. The molecule has 3 aromatic carbocycles. The molecule has 0 aliphatic rings. The fourth-order valence-electron chi connectivity index (χ4n) is 2.98. The molecule has 0 saturated heterocycles. The standard InChI is InChI=1S/C22H19F2NO4/c1-14(18-8-4-6-15-5-2-3-7-19(15)18)25-20(26)13-28-21(27)16-9-11-17(12-10-16)29-22(23)24/h2-12,14,22H,13H2,1H3,(H,25,26). The van der Waals surface area contributed by atoms with Crippen LogP contribution in [0, 0.1) is 0 Å². The Kier molecular flexibility index (Phi) is 6.39. The van der Waals surface area contributed by atoms with E-state index in [4.69, 9.17) is 4.74 Å². The maximum Gasteiger partial charge on any atom is 0.387 e. The van der Waals surface area contributed by atoms with Crippen molar-refractivity contribution < 1.29 is 27.8 Å². The Morgan fingerprint density at radius 3 is 2.38 bits per heavy atom. The maximum atomic E-state index is 12.2. The number of esters is 1. The number of hydrogen-bond donors (Lipinski definition) is 1. The lowest BCUT2D eigenvalue weighted by atomic mass is 10.00. The molecular weight excluding hydrogens is 380 g/mol. The van der Waals surface area contributed by atoms with E-state index in [1.807, 2.05) is 49.4 Å². The van der Waals surface area contributed by atoms with E-state index in [9.17, 15) is 18.4 Å². The zero-order chi connectivity index (χ0) is 20.8. The summed E-state index contributed by atoms with van der Waals surface area (Å²) in [6, 6.07) is 18.4. The van der Waals surface area contributed by atoms with Gasteiger partial charge in [-0.15, -0.1) is 0 Å². The van der Waals surface area contributed by atoms with Crippen molar-refractivity contribution in [2.75, 3.05) is 6.61 Å². The molecule has 0 radical (unpaired) electrons. The molecular formula is C22H19F2NO4. The third-order valence-corrected chi connectivity index (χ3v) is 4.32. The number of halogens is 2. The van der Waals surface area contributed by atoms with Crippen LogP contribution in [0.3, 0.4) is 0 Å². The second kappa shape index (κ2) is 9.14. The minimum Gasteiger partial charge on any atom is -0.452 e. The van der Waals surface area contributed by atoms with Crippen LogP contribution in [0.5, 0.6) is 5.75 Å². The summed E-state index contributed by atoms with van der Waals surface area (Å²) in [4.78, 5) is 24.2. The highest BCUT2D eigenvalue weighted by Crippen LogP contribution is 2.24. The van der Waals surface area contributed by atoms with E-state index in [-0.39, 0.29) is 17.4 Å². The molecule has 0 aromatic heterocycles. The van der Waals surface area contributed by atoms with Crippen LogP contribution < -0.4 is 10.1 Å². The molecule has 0 bridgehead atoms. The maximum absolute atomic E-state index is 12.2.